The highest BCUT2D eigenvalue weighted by Gasteiger charge is 2.10. The molecule has 124 valence electrons. The van der Waals surface area contributed by atoms with Gasteiger partial charge in [-0.05, 0) is 43.5 Å². The number of unbranched alkanes of at least 4 members (excludes halogenated alkanes) is 1. The zero-order valence-corrected chi connectivity index (χ0v) is 13.6. The predicted molar refractivity (Wildman–Crippen MR) is 89.1 cm³/mol. The quantitative estimate of drug-likeness (QED) is 0.697. The van der Waals surface area contributed by atoms with Crippen LogP contribution in [0.1, 0.15) is 19.8 Å². The number of urea groups is 1. The first-order valence-corrected chi connectivity index (χ1v) is 7.73. The van der Waals surface area contributed by atoms with Crippen molar-refractivity contribution in [1.29, 1.82) is 0 Å². The van der Waals surface area contributed by atoms with Crippen LogP contribution in [-0.2, 0) is 0 Å². The lowest BCUT2D eigenvalue weighted by Crippen LogP contribution is -2.44. The fourth-order valence-electron chi connectivity index (χ4n) is 1.86. The molecule has 0 saturated carbocycles. The van der Waals surface area contributed by atoms with E-state index in [9.17, 15) is 9.90 Å². The number of nitrogens with zero attached hydrogens (tertiary/aromatic N) is 1. The van der Waals surface area contributed by atoms with Gasteiger partial charge in [-0.15, -0.1) is 0 Å². The number of nitrogens with one attached hydrogen (secondary N) is 2. The highest BCUT2D eigenvalue weighted by molar-refractivity contribution is 6.32. The summed E-state index contributed by atoms with van der Waals surface area (Å²) in [6, 6.07) is 4.53. The molecule has 1 heterocycles. The van der Waals surface area contributed by atoms with Crippen LogP contribution in [0.5, 0.6) is 11.5 Å². The summed E-state index contributed by atoms with van der Waals surface area (Å²) >= 11 is 5.80. The third-order valence-electron chi connectivity index (χ3n) is 3.17. The highest BCUT2D eigenvalue weighted by atomic mass is 35.5. The Labute approximate surface area is 140 Å². The van der Waals surface area contributed by atoms with Crippen molar-refractivity contribution >= 4 is 17.6 Å². The molecule has 0 unspecified atom stereocenters. The van der Waals surface area contributed by atoms with Gasteiger partial charge in [0, 0.05) is 25.0 Å². The van der Waals surface area contributed by atoms with Gasteiger partial charge in [0.25, 0.3) is 0 Å². The number of hydrazine groups is 1. The lowest BCUT2D eigenvalue weighted by molar-refractivity contribution is 0.204. The molecular weight excluding hydrogens is 318 g/mol. The van der Waals surface area contributed by atoms with Crippen LogP contribution in [0.15, 0.2) is 42.2 Å². The van der Waals surface area contributed by atoms with Crippen molar-refractivity contribution in [3.63, 3.8) is 0 Å². The van der Waals surface area contributed by atoms with E-state index in [0.29, 0.717) is 18.9 Å². The van der Waals surface area contributed by atoms with Crippen molar-refractivity contribution < 1.29 is 14.6 Å². The second-order valence-electron chi connectivity index (χ2n) is 5.10. The van der Waals surface area contributed by atoms with Crippen LogP contribution >= 0.6 is 11.6 Å². The van der Waals surface area contributed by atoms with Crippen LogP contribution in [0.25, 0.3) is 0 Å². The van der Waals surface area contributed by atoms with E-state index in [0.717, 1.165) is 18.4 Å². The van der Waals surface area contributed by atoms with Gasteiger partial charge >= 0.3 is 6.03 Å². The summed E-state index contributed by atoms with van der Waals surface area (Å²) in [4.78, 5) is 11.8. The minimum Gasteiger partial charge on any atom is -0.506 e. The molecule has 0 spiro atoms. The number of ether oxygens (including phenoxy) is 1. The minimum absolute atomic E-state index is 0.0344. The molecule has 7 heteroatoms. The molecule has 2 rings (SSSR count). The third kappa shape index (κ3) is 5.41. The van der Waals surface area contributed by atoms with Crippen LogP contribution in [-0.4, -0.2) is 29.3 Å². The van der Waals surface area contributed by atoms with Crippen molar-refractivity contribution in [2.45, 2.75) is 19.8 Å². The van der Waals surface area contributed by atoms with Crippen LogP contribution < -0.4 is 15.5 Å². The average molecular weight is 338 g/mol. The Kier molecular flexibility index (Phi) is 6.17. The second-order valence-corrected chi connectivity index (χ2v) is 5.51. The fraction of sp³-hybridized carbons (Fsp3) is 0.312. The smallest absolute Gasteiger partial charge is 0.340 e. The van der Waals surface area contributed by atoms with Crippen molar-refractivity contribution in [2.75, 3.05) is 13.2 Å². The van der Waals surface area contributed by atoms with Crippen molar-refractivity contribution in [3.05, 3.63) is 47.3 Å². The summed E-state index contributed by atoms with van der Waals surface area (Å²) in [6.07, 6.45) is 6.89. The number of hydrogen-bond donors (Lipinski definition) is 3. The molecule has 0 fully saturated rings. The van der Waals surface area contributed by atoms with Crippen molar-refractivity contribution in [1.82, 2.24) is 15.8 Å². The molecule has 1 aromatic rings. The van der Waals surface area contributed by atoms with Gasteiger partial charge in [-0.3, -0.25) is 5.43 Å². The van der Waals surface area contributed by atoms with Gasteiger partial charge in [-0.2, -0.15) is 0 Å². The lowest BCUT2D eigenvalue weighted by atomic mass is 10.3. The van der Waals surface area contributed by atoms with Crippen LogP contribution in [0.2, 0.25) is 5.02 Å². The molecule has 0 saturated heterocycles. The Morgan fingerprint density at radius 2 is 2.26 bits per heavy atom. The number of halogens is 1. The molecule has 23 heavy (non-hydrogen) atoms. The average Bonchev–Trinajstić information content (AvgIpc) is 2.54. The summed E-state index contributed by atoms with van der Waals surface area (Å²) in [5.41, 5.74) is 3.92. The molecule has 2 amide bonds. The van der Waals surface area contributed by atoms with Gasteiger partial charge in [-0.25, -0.2) is 9.80 Å². The largest absolute Gasteiger partial charge is 0.506 e. The van der Waals surface area contributed by atoms with Gasteiger partial charge in [-0.1, -0.05) is 11.6 Å². The molecular formula is C16H20ClN3O3. The number of benzene rings is 1. The number of amides is 2. The number of hydrogen-bond acceptors (Lipinski definition) is 4. The number of carbonyl (C=O) groups is 1. The van der Waals surface area contributed by atoms with Gasteiger partial charge < -0.3 is 15.2 Å². The first-order valence-electron chi connectivity index (χ1n) is 7.36. The summed E-state index contributed by atoms with van der Waals surface area (Å²) in [6.45, 7) is 3.02. The molecule has 0 bridgehead atoms. The monoisotopic (exact) mass is 337 g/mol. The highest BCUT2D eigenvalue weighted by Crippen LogP contribution is 2.27. The van der Waals surface area contributed by atoms with Crippen LogP contribution in [0.3, 0.4) is 0 Å². The Hall–Kier alpha value is -2.34. The summed E-state index contributed by atoms with van der Waals surface area (Å²) in [7, 11) is 0. The molecule has 0 aromatic heterocycles. The van der Waals surface area contributed by atoms with E-state index in [1.165, 1.54) is 11.1 Å². The maximum Gasteiger partial charge on any atom is 0.340 e. The number of rotatable bonds is 6. The standard InChI is InChI=1S/C16H20ClN3O3/c1-12-6-8-20(19-11-12)16(22)18-7-2-3-9-23-13-4-5-15(21)14(17)10-13/h4-6,8,10-11,19,21H,2-3,7,9H2,1H3,(H,18,22). The molecule has 1 aliphatic rings. The zero-order chi connectivity index (χ0) is 16.7. The number of aromatic hydroxyl groups is 1. The van der Waals surface area contributed by atoms with E-state index in [1.54, 1.807) is 24.5 Å². The maximum absolute atomic E-state index is 11.8. The predicted octanol–water partition coefficient (Wildman–Crippen LogP) is 3.15. The molecule has 6 nitrogen and oxygen atoms in total. The first kappa shape index (κ1) is 17.0. The van der Waals surface area contributed by atoms with E-state index in [-0.39, 0.29) is 16.8 Å². The molecule has 0 atom stereocenters. The number of phenolic OH excluding ortho intramolecular Hbond substituents is 1. The van der Waals surface area contributed by atoms with E-state index in [2.05, 4.69) is 10.7 Å². The molecule has 3 N–H and O–H groups in total. The van der Waals surface area contributed by atoms with E-state index in [1.807, 2.05) is 13.0 Å². The molecule has 0 aliphatic carbocycles. The summed E-state index contributed by atoms with van der Waals surface area (Å²) in [5, 5.41) is 13.8. The molecule has 0 radical (unpaired) electrons. The zero-order valence-electron chi connectivity index (χ0n) is 12.9. The minimum atomic E-state index is -0.198. The Morgan fingerprint density at radius 3 is 2.96 bits per heavy atom. The summed E-state index contributed by atoms with van der Waals surface area (Å²) in [5.74, 6) is 0.647. The lowest BCUT2D eigenvalue weighted by Gasteiger charge is -2.21. The van der Waals surface area contributed by atoms with Gasteiger partial charge in [0.1, 0.15) is 11.5 Å². The fourth-order valence-corrected chi connectivity index (χ4v) is 2.03. The van der Waals surface area contributed by atoms with E-state index >= 15 is 0 Å². The Bertz CT molecular complexity index is 617. The van der Waals surface area contributed by atoms with Crippen molar-refractivity contribution in [2.24, 2.45) is 0 Å². The van der Waals surface area contributed by atoms with Crippen LogP contribution in [0.4, 0.5) is 4.79 Å². The first-order chi connectivity index (χ1) is 11.1. The normalized spacial score (nSPS) is 13.3. The van der Waals surface area contributed by atoms with Gasteiger partial charge in [0.2, 0.25) is 0 Å². The maximum atomic E-state index is 11.8. The topological polar surface area (TPSA) is 73.8 Å². The van der Waals surface area contributed by atoms with Crippen LogP contribution in [0, 0.1) is 0 Å². The van der Waals surface area contributed by atoms with Gasteiger partial charge in [0.05, 0.1) is 11.6 Å². The van der Waals surface area contributed by atoms with Crippen molar-refractivity contribution in [3.8, 4) is 11.5 Å². The Balaban J connectivity index is 1.58. The number of allylic oxidation sites excluding steroid dienone is 2. The van der Waals surface area contributed by atoms with E-state index < -0.39 is 0 Å². The Morgan fingerprint density at radius 1 is 1.43 bits per heavy atom. The van der Waals surface area contributed by atoms with E-state index in [4.69, 9.17) is 16.3 Å². The second kappa shape index (κ2) is 8.33. The third-order valence-corrected chi connectivity index (χ3v) is 3.47. The summed E-state index contributed by atoms with van der Waals surface area (Å²) < 4.78 is 5.53. The number of phenols is 1. The molecule has 1 aromatic carbocycles. The molecule has 1 aliphatic heterocycles. The SMILES string of the molecule is CC1=CNN(C(=O)NCCCCOc2ccc(O)c(Cl)c2)C=C1. The number of carbonyl (C=O) groups excluding carboxylic acids is 1. The van der Waals surface area contributed by atoms with Gasteiger partial charge in [0.15, 0.2) is 0 Å².